The van der Waals surface area contributed by atoms with E-state index in [1.54, 1.807) is 12.1 Å². The monoisotopic (exact) mass is 237 g/mol. The number of hydrogen-bond donors (Lipinski definition) is 1. The van der Waals surface area contributed by atoms with E-state index in [0.29, 0.717) is 12.1 Å². The minimum Gasteiger partial charge on any atom is -0.465 e. The zero-order valence-corrected chi connectivity index (χ0v) is 10.5. The summed E-state index contributed by atoms with van der Waals surface area (Å²) in [4.78, 5) is 13.5. The van der Waals surface area contributed by atoms with Gasteiger partial charge in [-0.1, -0.05) is 19.1 Å². The number of ether oxygens (including phenoxy) is 1. The van der Waals surface area contributed by atoms with Crippen LogP contribution in [0.2, 0.25) is 0 Å². The molecule has 4 nitrogen and oxygen atoms in total. The van der Waals surface area contributed by atoms with Crippen molar-refractivity contribution in [1.29, 1.82) is 0 Å². The molecule has 1 unspecified atom stereocenters. The maximum Gasteiger partial charge on any atom is 0.339 e. The number of para-hydroxylation sites is 1. The standard InChI is InChI=1S/C13H19NO3/c1-10(9-15)8-14(2)12-7-5-4-6-11(12)13(16)17-3/h4-7,10,15H,8-9H2,1-3H3. The summed E-state index contributed by atoms with van der Waals surface area (Å²) in [7, 11) is 3.27. The van der Waals surface area contributed by atoms with Crippen LogP contribution < -0.4 is 4.90 Å². The molecule has 4 heteroatoms. The van der Waals surface area contributed by atoms with Crippen LogP contribution in [0.4, 0.5) is 5.69 Å². The first kappa shape index (κ1) is 13.5. The van der Waals surface area contributed by atoms with Crippen molar-refractivity contribution in [3.63, 3.8) is 0 Å². The van der Waals surface area contributed by atoms with Crippen molar-refractivity contribution in [2.75, 3.05) is 32.2 Å². The molecule has 1 N–H and O–H groups in total. The number of aliphatic hydroxyl groups excluding tert-OH is 1. The fourth-order valence-electron chi connectivity index (χ4n) is 1.71. The molecule has 94 valence electrons. The second-order valence-electron chi connectivity index (χ2n) is 4.18. The first-order chi connectivity index (χ1) is 8.10. The zero-order chi connectivity index (χ0) is 12.8. The number of benzene rings is 1. The average Bonchev–Trinajstić information content (AvgIpc) is 2.37. The third kappa shape index (κ3) is 3.46. The van der Waals surface area contributed by atoms with Gasteiger partial charge in [-0.2, -0.15) is 0 Å². The number of esters is 1. The van der Waals surface area contributed by atoms with Gasteiger partial charge in [0.2, 0.25) is 0 Å². The van der Waals surface area contributed by atoms with Gasteiger partial charge in [-0.15, -0.1) is 0 Å². The third-order valence-electron chi connectivity index (χ3n) is 2.62. The number of hydrogen-bond acceptors (Lipinski definition) is 4. The van der Waals surface area contributed by atoms with Crippen molar-refractivity contribution >= 4 is 11.7 Å². The second-order valence-corrected chi connectivity index (χ2v) is 4.18. The Labute approximate surface area is 102 Å². The highest BCUT2D eigenvalue weighted by Crippen LogP contribution is 2.20. The van der Waals surface area contributed by atoms with Crippen molar-refractivity contribution in [2.24, 2.45) is 5.92 Å². The van der Waals surface area contributed by atoms with Gasteiger partial charge in [0.15, 0.2) is 0 Å². The Kier molecular flexibility index (Phi) is 4.97. The first-order valence-corrected chi connectivity index (χ1v) is 5.59. The molecule has 0 bridgehead atoms. The van der Waals surface area contributed by atoms with Gasteiger partial charge < -0.3 is 14.7 Å². The highest BCUT2D eigenvalue weighted by atomic mass is 16.5. The van der Waals surface area contributed by atoms with E-state index in [1.165, 1.54) is 7.11 Å². The molecule has 0 saturated carbocycles. The molecular weight excluding hydrogens is 218 g/mol. The molecule has 0 saturated heterocycles. The number of carbonyl (C=O) groups excluding carboxylic acids is 1. The van der Waals surface area contributed by atoms with E-state index in [2.05, 4.69) is 0 Å². The molecule has 1 atom stereocenters. The Bertz CT molecular complexity index is 379. The summed E-state index contributed by atoms with van der Waals surface area (Å²) in [5.41, 5.74) is 1.36. The van der Waals surface area contributed by atoms with Crippen LogP contribution in [0.1, 0.15) is 17.3 Å². The van der Waals surface area contributed by atoms with Gasteiger partial charge in [0, 0.05) is 20.2 Å². The lowest BCUT2D eigenvalue weighted by atomic mass is 10.1. The van der Waals surface area contributed by atoms with Gasteiger partial charge in [-0.25, -0.2) is 4.79 Å². The topological polar surface area (TPSA) is 49.8 Å². The Morgan fingerprint density at radius 3 is 2.71 bits per heavy atom. The summed E-state index contributed by atoms with van der Waals surface area (Å²) in [5.74, 6) is -0.185. The molecular formula is C13H19NO3. The van der Waals surface area contributed by atoms with Crippen LogP contribution in [0.15, 0.2) is 24.3 Å². The largest absolute Gasteiger partial charge is 0.465 e. The molecule has 1 aromatic rings. The number of carbonyl (C=O) groups is 1. The quantitative estimate of drug-likeness (QED) is 0.789. The van der Waals surface area contributed by atoms with Gasteiger partial charge in [-0.3, -0.25) is 0 Å². The predicted octanol–water partition coefficient (Wildman–Crippen LogP) is 1.54. The predicted molar refractivity (Wildman–Crippen MR) is 67.3 cm³/mol. The number of nitrogens with zero attached hydrogens (tertiary/aromatic N) is 1. The van der Waals surface area contributed by atoms with E-state index >= 15 is 0 Å². The van der Waals surface area contributed by atoms with Crippen LogP contribution in [0.25, 0.3) is 0 Å². The van der Waals surface area contributed by atoms with Crippen LogP contribution in [0.3, 0.4) is 0 Å². The van der Waals surface area contributed by atoms with Crippen LogP contribution >= 0.6 is 0 Å². The van der Waals surface area contributed by atoms with Crippen molar-refractivity contribution in [3.05, 3.63) is 29.8 Å². The lowest BCUT2D eigenvalue weighted by Crippen LogP contribution is -2.27. The Balaban J connectivity index is 2.92. The van der Waals surface area contributed by atoms with Gasteiger partial charge in [0.1, 0.15) is 0 Å². The molecule has 0 aliphatic heterocycles. The van der Waals surface area contributed by atoms with Crippen molar-refractivity contribution in [3.8, 4) is 0 Å². The molecule has 0 fully saturated rings. The van der Waals surface area contributed by atoms with E-state index in [9.17, 15) is 4.79 Å². The summed E-state index contributed by atoms with van der Waals surface area (Å²) in [6.07, 6.45) is 0. The second kappa shape index (κ2) is 6.25. The number of methoxy groups -OCH3 is 1. The number of rotatable bonds is 5. The highest BCUT2D eigenvalue weighted by Gasteiger charge is 2.15. The van der Waals surface area contributed by atoms with Crippen molar-refractivity contribution in [2.45, 2.75) is 6.92 Å². The third-order valence-corrected chi connectivity index (χ3v) is 2.62. The normalized spacial score (nSPS) is 12.0. The molecule has 17 heavy (non-hydrogen) atoms. The van der Waals surface area contributed by atoms with Crippen molar-refractivity contribution in [1.82, 2.24) is 0 Å². The maximum atomic E-state index is 11.6. The summed E-state index contributed by atoms with van der Waals surface area (Å²) >= 11 is 0. The maximum absolute atomic E-state index is 11.6. The number of aliphatic hydroxyl groups is 1. The van der Waals surface area contributed by atoms with Crippen LogP contribution in [0.5, 0.6) is 0 Å². The Hall–Kier alpha value is -1.55. The van der Waals surface area contributed by atoms with Gasteiger partial charge >= 0.3 is 5.97 Å². The average molecular weight is 237 g/mol. The minimum atomic E-state index is -0.343. The molecule has 0 spiro atoms. The molecule has 0 aliphatic rings. The minimum absolute atomic E-state index is 0.130. The Morgan fingerprint density at radius 1 is 1.47 bits per heavy atom. The first-order valence-electron chi connectivity index (χ1n) is 5.59. The highest BCUT2D eigenvalue weighted by molar-refractivity contribution is 5.95. The van der Waals surface area contributed by atoms with Gasteiger partial charge in [0.05, 0.1) is 18.4 Å². The molecule has 0 aliphatic carbocycles. The molecule has 1 rings (SSSR count). The fraction of sp³-hybridized carbons (Fsp3) is 0.462. The van der Waals surface area contributed by atoms with E-state index < -0.39 is 0 Å². The summed E-state index contributed by atoms with van der Waals surface area (Å²) in [6, 6.07) is 7.29. The summed E-state index contributed by atoms with van der Waals surface area (Å²) < 4.78 is 4.74. The van der Waals surface area contributed by atoms with Gasteiger partial charge in [-0.05, 0) is 18.1 Å². The van der Waals surface area contributed by atoms with Gasteiger partial charge in [0.25, 0.3) is 0 Å². The SMILES string of the molecule is COC(=O)c1ccccc1N(C)CC(C)CO. The lowest BCUT2D eigenvalue weighted by Gasteiger charge is -2.24. The van der Waals surface area contributed by atoms with Crippen molar-refractivity contribution < 1.29 is 14.6 Å². The van der Waals surface area contributed by atoms with Crippen LogP contribution in [0, 0.1) is 5.92 Å². The molecule has 0 heterocycles. The number of anilines is 1. The molecule has 1 aromatic carbocycles. The molecule has 0 amide bonds. The van der Waals surface area contributed by atoms with E-state index in [1.807, 2.05) is 31.0 Å². The summed E-state index contributed by atoms with van der Waals surface area (Å²) in [5, 5.41) is 9.04. The zero-order valence-electron chi connectivity index (χ0n) is 10.5. The van der Waals surface area contributed by atoms with E-state index in [0.717, 1.165) is 5.69 Å². The summed E-state index contributed by atoms with van der Waals surface area (Å²) in [6.45, 7) is 2.77. The Morgan fingerprint density at radius 2 is 2.12 bits per heavy atom. The lowest BCUT2D eigenvalue weighted by molar-refractivity contribution is 0.0601. The van der Waals surface area contributed by atoms with Crippen LogP contribution in [-0.2, 0) is 4.74 Å². The fourth-order valence-corrected chi connectivity index (χ4v) is 1.71. The smallest absolute Gasteiger partial charge is 0.339 e. The van der Waals surface area contributed by atoms with Crippen LogP contribution in [-0.4, -0.2) is 38.4 Å². The molecule has 0 radical (unpaired) electrons. The van der Waals surface area contributed by atoms with E-state index in [-0.39, 0.29) is 18.5 Å². The molecule has 0 aromatic heterocycles. The van der Waals surface area contributed by atoms with E-state index in [4.69, 9.17) is 9.84 Å².